The van der Waals surface area contributed by atoms with Crippen molar-refractivity contribution >= 4 is 21.8 Å². The second-order valence-corrected chi connectivity index (χ2v) is 6.40. The van der Waals surface area contributed by atoms with E-state index in [9.17, 15) is 9.90 Å². The second kappa shape index (κ2) is 6.06. The normalized spacial score (nSPS) is 18.1. The van der Waals surface area contributed by atoms with Gasteiger partial charge in [-0.25, -0.2) is 0 Å². The number of carbonyl (C=O) groups excluding carboxylic acids is 1. The molecule has 0 atom stereocenters. The average Bonchev–Trinajstić information content (AvgIpc) is 2.36. The number of halogens is 1. The number of nitrogens with one attached hydrogen (secondary N) is 1. The van der Waals surface area contributed by atoms with Gasteiger partial charge in [0.05, 0.1) is 5.60 Å². The van der Waals surface area contributed by atoms with Crippen LogP contribution in [0.15, 0.2) is 22.7 Å². The van der Waals surface area contributed by atoms with Crippen LogP contribution in [-0.2, 0) is 0 Å². The first kappa shape index (κ1) is 14.5. The van der Waals surface area contributed by atoms with Crippen LogP contribution in [0, 0.1) is 6.92 Å². The van der Waals surface area contributed by atoms with Crippen molar-refractivity contribution in [1.82, 2.24) is 5.32 Å². The molecule has 1 aliphatic rings. The molecule has 1 amide bonds. The van der Waals surface area contributed by atoms with E-state index in [1.807, 2.05) is 19.1 Å². The van der Waals surface area contributed by atoms with Crippen molar-refractivity contribution in [3.05, 3.63) is 33.8 Å². The molecule has 3 nitrogen and oxygen atoms in total. The summed E-state index contributed by atoms with van der Waals surface area (Å²) in [5.41, 5.74) is 0.955. The Labute approximate surface area is 122 Å². The molecule has 1 saturated carbocycles. The van der Waals surface area contributed by atoms with Gasteiger partial charge in [-0.2, -0.15) is 0 Å². The molecule has 0 radical (unpaired) electrons. The highest BCUT2D eigenvalue weighted by Gasteiger charge is 2.29. The second-order valence-electron chi connectivity index (χ2n) is 5.48. The van der Waals surface area contributed by atoms with E-state index in [1.165, 1.54) is 6.42 Å². The van der Waals surface area contributed by atoms with Crippen molar-refractivity contribution < 1.29 is 9.90 Å². The minimum atomic E-state index is -0.713. The lowest BCUT2D eigenvalue weighted by atomic mass is 9.85. The molecule has 4 heteroatoms. The first-order chi connectivity index (χ1) is 8.98. The van der Waals surface area contributed by atoms with Gasteiger partial charge in [0.25, 0.3) is 5.91 Å². The summed E-state index contributed by atoms with van der Waals surface area (Å²) in [5.74, 6) is -0.122. The first-order valence-electron chi connectivity index (χ1n) is 6.76. The fraction of sp³-hybridized carbons (Fsp3) is 0.533. The summed E-state index contributed by atoms with van der Waals surface area (Å²) in [6.07, 6.45) is 4.83. The van der Waals surface area contributed by atoms with E-state index in [0.29, 0.717) is 12.1 Å². The summed E-state index contributed by atoms with van der Waals surface area (Å²) < 4.78 is 0.897. The van der Waals surface area contributed by atoms with Gasteiger partial charge in [0.1, 0.15) is 0 Å². The van der Waals surface area contributed by atoms with Crippen molar-refractivity contribution in [3.8, 4) is 0 Å². The first-order valence-corrected chi connectivity index (χ1v) is 7.56. The van der Waals surface area contributed by atoms with Crippen LogP contribution in [-0.4, -0.2) is 23.2 Å². The van der Waals surface area contributed by atoms with E-state index in [4.69, 9.17) is 0 Å². The third-order valence-corrected chi connectivity index (χ3v) is 4.12. The number of hydrogen-bond acceptors (Lipinski definition) is 2. The van der Waals surface area contributed by atoms with Crippen molar-refractivity contribution in [1.29, 1.82) is 0 Å². The van der Waals surface area contributed by atoms with Crippen LogP contribution in [0.5, 0.6) is 0 Å². The van der Waals surface area contributed by atoms with Crippen molar-refractivity contribution in [2.75, 3.05) is 6.54 Å². The summed E-state index contributed by atoms with van der Waals surface area (Å²) in [6, 6.07) is 5.61. The van der Waals surface area contributed by atoms with Crippen molar-refractivity contribution in [2.24, 2.45) is 0 Å². The molecule has 0 saturated heterocycles. The van der Waals surface area contributed by atoms with Gasteiger partial charge in [-0.3, -0.25) is 4.79 Å². The number of benzene rings is 1. The van der Waals surface area contributed by atoms with Crippen LogP contribution in [0.2, 0.25) is 0 Å². The van der Waals surface area contributed by atoms with E-state index in [-0.39, 0.29) is 5.91 Å². The van der Waals surface area contributed by atoms with Crippen LogP contribution in [0.1, 0.15) is 48.0 Å². The van der Waals surface area contributed by atoms with Gasteiger partial charge in [0, 0.05) is 16.6 Å². The molecule has 1 aromatic carbocycles. The molecule has 1 fully saturated rings. The molecule has 0 bridgehead atoms. The molecule has 2 rings (SSSR count). The molecule has 104 valence electrons. The molecular weight excluding hydrogens is 306 g/mol. The van der Waals surface area contributed by atoms with E-state index >= 15 is 0 Å². The summed E-state index contributed by atoms with van der Waals surface area (Å²) in [6.45, 7) is 2.30. The Morgan fingerprint density at radius 3 is 2.63 bits per heavy atom. The minimum absolute atomic E-state index is 0.122. The summed E-state index contributed by atoms with van der Waals surface area (Å²) in [7, 11) is 0. The number of aryl methyl sites for hydroxylation is 1. The predicted octanol–water partition coefficient (Wildman–Crippen LogP) is 3.18. The third kappa shape index (κ3) is 4.05. The zero-order valence-corrected chi connectivity index (χ0v) is 12.8. The number of amides is 1. The lowest BCUT2D eigenvalue weighted by Crippen LogP contribution is -2.44. The molecular formula is C15H20BrNO2. The largest absolute Gasteiger partial charge is 0.388 e. The lowest BCUT2D eigenvalue weighted by Gasteiger charge is -2.32. The maximum atomic E-state index is 12.1. The van der Waals surface area contributed by atoms with Crippen molar-refractivity contribution in [2.45, 2.75) is 44.6 Å². The molecule has 0 spiro atoms. The highest BCUT2D eigenvalue weighted by molar-refractivity contribution is 9.10. The standard InChI is InChI=1S/C15H20BrNO2/c1-11-7-12(9-13(16)8-11)14(18)17-10-15(19)5-3-2-4-6-15/h7-9,19H,2-6,10H2,1H3,(H,17,18). The maximum absolute atomic E-state index is 12.1. The molecule has 1 aliphatic carbocycles. The van der Waals surface area contributed by atoms with E-state index in [2.05, 4.69) is 21.2 Å². The Balaban J connectivity index is 1.97. The minimum Gasteiger partial charge on any atom is -0.388 e. The smallest absolute Gasteiger partial charge is 0.251 e. The highest BCUT2D eigenvalue weighted by Crippen LogP contribution is 2.27. The van der Waals surface area contributed by atoms with E-state index in [1.54, 1.807) is 6.07 Å². The third-order valence-electron chi connectivity index (χ3n) is 3.67. The van der Waals surface area contributed by atoms with Gasteiger partial charge in [-0.1, -0.05) is 35.2 Å². The zero-order chi connectivity index (χ0) is 13.9. The topological polar surface area (TPSA) is 49.3 Å². The fourth-order valence-corrected chi connectivity index (χ4v) is 3.21. The molecule has 0 unspecified atom stereocenters. The molecule has 2 N–H and O–H groups in total. The maximum Gasteiger partial charge on any atom is 0.251 e. The van der Waals surface area contributed by atoms with Gasteiger partial charge in [0.2, 0.25) is 0 Å². The number of carbonyl (C=O) groups is 1. The van der Waals surface area contributed by atoms with Gasteiger partial charge in [-0.05, 0) is 43.5 Å². The summed E-state index contributed by atoms with van der Waals surface area (Å²) in [4.78, 5) is 12.1. The Morgan fingerprint density at radius 1 is 1.32 bits per heavy atom. The lowest BCUT2D eigenvalue weighted by molar-refractivity contribution is 0.00525. The van der Waals surface area contributed by atoms with Crippen molar-refractivity contribution in [3.63, 3.8) is 0 Å². The Kier molecular flexibility index (Phi) is 4.63. The summed E-state index contributed by atoms with van der Waals surface area (Å²) >= 11 is 3.39. The van der Waals surface area contributed by atoms with Gasteiger partial charge in [-0.15, -0.1) is 0 Å². The number of rotatable bonds is 3. The number of hydrogen-bond donors (Lipinski definition) is 2. The SMILES string of the molecule is Cc1cc(Br)cc(C(=O)NCC2(O)CCCCC2)c1. The van der Waals surface area contributed by atoms with Crippen LogP contribution in [0.3, 0.4) is 0 Å². The van der Waals surface area contributed by atoms with Gasteiger partial charge >= 0.3 is 0 Å². The monoisotopic (exact) mass is 325 g/mol. The van der Waals surface area contributed by atoms with Gasteiger partial charge in [0.15, 0.2) is 0 Å². The van der Waals surface area contributed by atoms with E-state index < -0.39 is 5.60 Å². The fourth-order valence-electron chi connectivity index (χ4n) is 2.60. The van der Waals surface area contributed by atoms with Gasteiger partial charge < -0.3 is 10.4 Å². The quantitative estimate of drug-likeness (QED) is 0.896. The Hall–Kier alpha value is -0.870. The predicted molar refractivity (Wildman–Crippen MR) is 79.2 cm³/mol. The number of aliphatic hydroxyl groups is 1. The van der Waals surface area contributed by atoms with Crippen LogP contribution < -0.4 is 5.32 Å². The Morgan fingerprint density at radius 2 is 2.00 bits per heavy atom. The average molecular weight is 326 g/mol. The molecule has 0 aromatic heterocycles. The molecule has 1 aromatic rings. The highest BCUT2D eigenvalue weighted by atomic mass is 79.9. The molecule has 19 heavy (non-hydrogen) atoms. The van der Waals surface area contributed by atoms with Crippen LogP contribution in [0.25, 0.3) is 0 Å². The van der Waals surface area contributed by atoms with E-state index in [0.717, 1.165) is 35.7 Å². The van der Waals surface area contributed by atoms with Crippen LogP contribution in [0.4, 0.5) is 0 Å². The summed E-state index contributed by atoms with van der Waals surface area (Å²) in [5, 5.41) is 13.2. The Bertz CT molecular complexity index is 447. The zero-order valence-electron chi connectivity index (χ0n) is 11.2. The molecule has 0 aliphatic heterocycles. The van der Waals surface area contributed by atoms with Crippen LogP contribution >= 0.6 is 15.9 Å². The molecule has 0 heterocycles.